The maximum absolute atomic E-state index is 3.54. The molecule has 1 rings (SSSR count). The number of rotatable bonds is 8. The summed E-state index contributed by atoms with van der Waals surface area (Å²) in [5.74, 6) is 0. The second kappa shape index (κ2) is 7.38. The van der Waals surface area contributed by atoms with Crippen LogP contribution in [0.2, 0.25) is 0 Å². The van der Waals surface area contributed by atoms with Gasteiger partial charge in [-0.15, -0.1) is 0 Å². The molecule has 0 aliphatic heterocycles. The molecule has 102 valence electrons. The molecular weight excluding hydrogens is 208 g/mol. The van der Waals surface area contributed by atoms with Crippen molar-refractivity contribution in [3.05, 3.63) is 0 Å². The van der Waals surface area contributed by atoms with E-state index in [-0.39, 0.29) is 0 Å². The van der Waals surface area contributed by atoms with E-state index in [1.54, 1.807) is 0 Å². The van der Waals surface area contributed by atoms with Crippen LogP contribution in [0.15, 0.2) is 0 Å². The van der Waals surface area contributed by atoms with Crippen LogP contribution in [0.3, 0.4) is 0 Å². The molecule has 0 spiro atoms. The molecule has 0 bridgehead atoms. The van der Waals surface area contributed by atoms with Crippen molar-refractivity contribution in [2.24, 2.45) is 5.41 Å². The van der Waals surface area contributed by atoms with Gasteiger partial charge in [-0.05, 0) is 38.3 Å². The fourth-order valence-electron chi connectivity index (χ4n) is 3.33. The zero-order chi connectivity index (χ0) is 12.7. The van der Waals surface area contributed by atoms with Gasteiger partial charge in [0, 0.05) is 19.1 Å². The Morgan fingerprint density at radius 1 is 1.24 bits per heavy atom. The summed E-state index contributed by atoms with van der Waals surface area (Å²) in [6.45, 7) is 10.5. The van der Waals surface area contributed by atoms with Gasteiger partial charge < -0.3 is 10.2 Å². The maximum Gasteiger partial charge on any atom is 0.00924 e. The summed E-state index contributed by atoms with van der Waals surface area (Å²) in [5.41, 5.74) is 0.447. The second-order valence-corrected chi connectivity index (χ2v) is 6.19. The van der Waals surface area contributed by atoms with Crippen molar-refractivity contribution in [3.8, 4) is 0 Å². The van der Waals surface area contributed by atoms with Gasteiger partial charge in [-0.25, -0.2) is 0 Å². The first kappa shape index (κ1) is 15.0. The zero-order valence-electron chi connectivity index (χ0n) is 12.4. The van der Waals surface area contributed by atoms with Gasteiger partial charge in [-0.1, -0.05) is 40.0 Å². The van der Waals surface area contributed by atoms with Gasteiger partial charge in [0.25, 0.3) is 0 Å². The third kappa shape index (κ3) is 4.97. The molecule has 1 unspecified atom stereocenters. The highest BCUT2D eigenvalue weighted by molar-refractivity contribution is 4.84. The number of nitrogens with one attached hydrogen (secondary N) is 1. The largest absolute Gasteiger partial charge is 0.316 e. The minimum Gasteiger partial charge on any atom is -0.316 e. The standard InChI is InChI=1S/C15H32N2/c1-5-11-15(3,12-16-6-2)13-17(4)14-9-7-8-10-14/h14,16H,5-13H2,1-4H3. The van der Waals surface area contributed by atoms with E-state index in [0.29, 0.717) is 5.41 Å². The molecule has 17 heavy (non-hydrogen) atoms. The molecule has 2 nitrogen and oxygen atoms in total. The Balaban J connectivity index is 2.45. The lowest BCUT2D eigenvalue weighted by molar-refractivity contribution is 0.137. The molecule has 0 aromatic carbocycles. The molecule has 1 saturated carbocycles. The Hall–Kier alpha value is -0.0800. The topological polar surface area (TPSA) is 15.3 Å². The van der Waals surface area contributed by atoms with E-state index in [1.165, 1.54) is 45.1 Å². The first-order valence-corrected chi connectivity index (χ1v) is 7.52. The molecule has 0 aromatic heterocycles. The summed E-state index contributed by atoms with van der Waals surface area (Å²) < 4.78 is 0. The summed E-state index contributed by atoms with van der Waals surface area (Å²) in [6, 6.07) is 0.854. The zero-order valence-corrected chi connectivity index (χ0v) is 12.4. The molecule has 1 fully saturated rings. The smallest absolute Gasteiger partial charge is 0.00924 e. The Kier molecular flexibility index (Phi) is 6.50. The number of hydrogen-bond donors (Lipinski definition) is 1. The molecule has 1 aliphatic rings. The van der Waals surface area contributed by atoms with Crippen LogP contribution in [0.25, 0.3) is 0 Å². The molecule has 1 aliphatic carbocycles. The van der Waals surface area contributed by atoms with Gasteiger partial charge in [0.2, 0.25) is 0 Å². The van der Waals surface area contributed by atoms with Crippen LogP contribution >= 0.6 is 0 Å². The molecule has 0 heterocycles. The van der Waals surface area contributed by atoms with E-state index in [2.05, 4.69) is 38.0 Å². The lowest BCUT2D eigenvalue weighted by atomic mass is 9.84. The molecule has 0 aromatic rings. The van der Waals surface area contributed by atoms with Crippen molar-refractivity contribution in [1.29, 1.82) is 0 Å². The monoisotopic (exact) mass is 240 g/mol. The van der Waals surface area contributed by atoms with Crippen LogP contribution in [0.5, 0.6) is 0 Å². The Morgan fingerprint density at radius 3 is 2.41 bits per heavy atom. The van der Waals surface area contributed by atoms with Gasteiger partial charge in [-0.2, -0.15) is 0 Å². The molecule has 1 atom stereocenters. The van der Waals surface area contributed by atoms with Crippen LogP contribution in [-0.2, 0) is 0 Å². The Labute approximate surface area is 108 Å². The van der Waals surface area contributed by atoms with Crippen LogP contribution in [0, 0.1) is 5.41 Å². The molecule has 1 N–H and O–H groups in total. The predicted molar refractivity (Wildman–Crippen MR) is 76.4 cm³/mol. The fourth-order valence-corrected chi connectivity index (χ4v) is 3.33. The van der Waals surface area contributed by atoms with Crippen molar-refractivity contribution < 1.29 is 0 Å². The van der Waals surface area contributed by atoms with Crippen LogP contribution in [-0.4, -0.2) is 37.6 Å². The van der Waals surface area contributed by atoms with Gasteiger partial charge >= 0.3 is 0 Å². The van der Waals surface area contributed by atoms with Gasteiger partial charge in [0.05, 0.1) is 0 Å². The first-order valence-electron chi connectivity index (χ1n) is 7.52. The third-order valence-corrected chi connectivity index (χ3v) is 4.23. The molecule has 2 heteroatoms. The average molecular weight is 240 g/mol. The summed E-state index contributed by atoms with van der Waals surface area (Å²) in [5, 5.41) is 3.54. The van der Waals surface area contributed by atoms with E-state index in [4.69, 9.17) is 0 Å². The first-order chi connectivity index (χ1) is 8.11. The van der Waals surface area contributed by atoms with Crippen molar-refractivity contribution in [2.75, 3.05) is 26.7 Å². The lowest BCUT2D eigenvalue weighted by Gasteiger charge is -2.36. The Morgan fingerprint density at radius 2 is 1.88 bits per heavy atom. The van der Waals surface area contributed by atoms with Crippen LogP contribution in [0.4, 0.5) is 0 Å². The van der Waals surface area contributed by atoms with E-state index in [1.807, 2.05) is 0 Å². The van der Waals surface area contributed by atoms with Crippen molar-refractivity contribution >= 4 is 0 Å². The Bertz CT molecular complexity index is 199. The summed E-state index contributed by atoms with van der Waals surface area (Å²) >= 11 is 0. The van der Waals surface area contributed by atoms with Gasteiger partial charge in [0.15, 0.2) is 0 Å². The summed E-state index contributed by atoms with van der Waals surface area (Å²) in [7, 11) is 2.33. The SMILES string of the molecule is CCCC(C)(CNCC)CN(C)C1CCCC1. The highest BCUT2D eigenvalue weighted by atomic mass is 15.1. The van der Waals surface area contributed by atoms with Crippen LogP contribution < -0.4 is 5.32 Å². The molecule has 0 radical (unpaired) electrons. The van der Waals surface area contributed by atoms with E-state index in [9.17, 15) is 0 Å². The number of hydrogen-bond acceptors (Lipinski definition) is 2. The minimum absolute atomic E-state index is 0.447. The minimum atomic E-state index is 0.447. The highest BCUT2D eigenvalue weighted by Crippen LogP contribution is 2.28. The summed E-state index contributed by atoms with van der Waals surface area (Å²) in [4.78, 5) is 2.62. The number of nitrogens with zero attached hydrogens (tertiary/aromatic N) is 1. The quantitative estimate of drug-likeness (QED) is 0.700. The van der Waals surface area contributed by atoms with Crippen LogP contribution in [0.1, 0.15) is 59.3 Å². The van der Waals surface area contributed by atoms with Crippen molar-refractivity contribution in [3.63, 3.8) is 0 Å². The fraction of sp³-hybridized carbons (Fsp3) is 1.00. The van der Waals surface area contributed by atoms with Gasteiger partial charge in [0.1, 0.15) is 0 Å². The normalized spacial score (nSPS) is 21.0. The maximum atomic E-state index is 3.54. The lowest BCUT2D eigenvalue weighted by Crippen LogP contribution is -2.44. The highest BCUT2D eigenvalue weighted by Gasteiger charge is 2.28. The molecule has 0 amide bonds. The van der Waals surface area contributed by atoms with Crippen molar-refractivity contribution in [1.82, 2.24) is 10.2 Å². The average Bonchev–Trinajstić information content (AvgIpc) is 2.80. The van der Waals surface area contributed by atoms with Crippen molar-refractivity contribution in [2.45, 2.75) is 65.3 Å². The van der Waals surface area contributed by atoms with Gasteiger partial charge in [-0.3, -0.25) is 0 Å². The predicted octanol–water partition coefficient (Wildman–Crippen LogP) is 3.28. The third-order valence-electron chi connectivity index (χ3n) is 4.23. The molecule has 0 saturated heterocycles. The van der Waals surface area contributed by atoms with E-state index < -0.39 is 0 Å². The molecular formula is C15H32N2. The van der Waals surface area contributed by atoms with E-state index in [0.717, 1.165) is 19.1 Å². The van der Waals surface area contributed by atoms with E-state index >= 15 is 0 Å². The summed E-state index contributed by atoms with van der Waals surface area (Å²) in [6.07, 6.45) is 8.33. The second-order valence-electron chi connectivity index (χ2n) is 6.19.